The average Bonchev–Trinajstić information content (AvgIpc) is 3.28. The molecule has 0 radical (unpaired) electrons. The van der Waals surface area contributed by atoms with Crippen LogP contribution in [-0.4, -0.2) is 0 Å². The highest BCUT2D eigenvalue weighted by Gasteiger charge is 2.71. The van der Waals surface area contributed by atoms with Crippen LogP contribution in [0.25, 0.3) is 0 Å². The van der Waals surface area contributed by atoms with Crippen LogP contribution in [0.3, 0.4) is 0 Å². The van der Waals surface area contributed by atoms with Gasteiger partial charge in [0.25, 0.3) is 0 Å². The van der Waals surface area contributed by atoms with Gasteiger partial charge in [0.15, 0.2) is 0 Å². The molecule has 0 unspecified atom stereocenters. The lowest BCUT2D eigenvalue weighted by atomic mass is 9.61. The molecular weight excluding hydrogens is 360 g/mol. The molecule has 0 spiro atoms. The van der Waals surface area contributed by atoms with Gasteiger partial charge in [-0.3, -0.25) is 0 Å². The Morgan fingerprint density at radius 2 is 0.733 bits per heavy atom. The summed E-state index contributed by atoms with van der Waals surface area (Å²) in [6.07, 6.45) is 8.51. The molecule has 0 heteroatoms. The van der Waals surface area contributed by atoms with E-state index in [1.165, 1.54) is 38.5 Å². The predicted octanol–water partition coefficient (Wildman–Crippen LogP) is 8.21. The van der Waals surface area contributed by atoms with Crippen LogP contribution in [0.2, 0.25) is 0 Å². The maximum atomic E-state index is 2.68. The minimum atomic E-state index is 0.373. The monoisotopic (exact) mass is 402 g/mol. The molecule has 6 aliphatic carbocycles. The van der Waals surface area contributed by atoms with Gasteiger partial charge >= 0.3 is 0 Å². The first-order valence-corrected chi connectivity index (χ1v) is 13.0. The summed E-state index contributed by atoms with van der Waals surface area (Å²) < 4.78 is 0. The van der Waals surface area contributed by atoms with Gasteiger partial charge in [0.05, 0.1) is 0 Å². The van der Waals surface area contributed by atoms with Gasteiger partial charge in [-0.1, -0.05) is 62.3 Å². The van der Waals surface area contributed by atoms with Gasteiger partial charge in [0.1, 0.15) is 0 Å². The smallest absolute Gasteiger partial charge is 0.00121 e. The third-order valence-corrected chi connectivity index (χ3v) is 14.0. The van der Waals surface area contributed by atoms with E-state index in [9.17, 15) is 0 Å². The SMILES string of the molecule is CC1(C)[C@@H]2CC[C@@]1(C)c1c2c2c(c3c1[C@H]1CC[C@]3(C)C1(C)C)[C@]1(C)CC[C@H]2C1(C)C. The van der Waals surface area contributed by atoms with Crippen molar-refractivity contribution in [3.05, 3.63) is 33.4 Å². The van der Waals surface area contributed by atoms with Crippen molar-refractivity contribution in [2.45, 2.75) is 135 Å². The van der Waals surface area contributed by atoms with Crippen LogP contribution >= 0.6 is 0 Å². The lowest BCUT2D eigenvalue weighted by molar-refractivity contribution is 0.212. The summed E-state index contributed by atoms with van der Waals surface area (Å²) in [5, 5.41) is 0. The van der Waals surface area contributed by atoms with Crippen molar-refractivity contribution >= 4 is 0 Å². The van der Waals surface area contributed by atoms with Gasteiger partial charge in [0.2, 0.25) is 0 Å². The summed E-state index contributed by atoms with van der Waals surface area (Å²) in [6, 6.07) is 0. The quantitative estimate of drug-likeness (QED) is 0.410. The van der Waals surface area contributed by atoms with Crippen molar-refractivity contribution in [2.75, 3.05) is 0 Å². The van der Waals surface area contributed by atoms with E-state index in [0.29, 0.717) is 32.5 Å². The van der Waals surface area contributed by atoms with Crippen LogP contribution in [0.4, 0.5) is 0 Å². The van der Waals surface area contributed by atoms with Gasteiger partial charge < -0.3 is 0 Å². The lowest BCUT2D eigenvalue weighted by Crippen LogP contribution is -2.37. The maximum Gasteiger partial charge on any atom is -0.00121 e. The molecule has 1 aromatic carbocycles. The maximum absolute atomic E-state index is 2.68. The molecule has 0 saturated heterocycles. The standard InChI is InChI=1S/C30H42/c1-25(2)16-10-13-28(25,7)22-19(16)20-17-11-14-29(8,26(17,3)4)23(20)24-21(22)18-12-15-30(24,9)27(18,5)6/h16-18H,10-15H2,1-9H3/t16-,17-,18-,28+,29+,30+/m1/s1. The number of hydrogen-bond acceptors (Lipinski definition) is 0. The molecule has 0 N–H and O–H groups in total. The van der Waals surface area contributed by atoms with Crippen LogP contribution in [-0.2, 0) is 16.2 Å². The van der Waals surface area contributed by atoms with Crippen LogP contribution in [0.5, 0.6) is 0 Å². The molecule has 0 aromatic heterocycles. The molecule has 7 rings (SSSR count). The van der Waals surface area contributed by atoms with Crippen LogP contribution in [0, 0.1) is 16.2 Å². The van der Waals surface area contributed by atoms with Crippen LogP contribution in [0.1, 0.15) is 152 Å². The first-order valence-electron chi connectivity index (χ1n) is 13.0. The molecule has 0 nitrogen and oxygen atoms in total. The summed E-state index contributed by atoms with van der Waals surface area (Å²) in [6.45, 7) is 23.8. The number of hydrogen-bond donors (Lipinski definition) is 0. The van der Waals surface area contributed by atoms with E-state index < -0.39 is 0 Å². The molecule has 162 valence electrons. The molecule has 0 heterocycles. The molecule has 6 bridgehead atoms. The zero-order valence-corrected chi connectivity index (χ0v) is 21.0. The Kier molecular flexibility index (Phi) is 2.81. The molecule has 3 fully saturated rings. The summed E-state index contributed by atoms with van der Waals surface area (Å²) in [4.78, 5) is 0. The largest absolute Gasteiger partial charge is 0.0585 e. The van der Waals surface area contributed by atoms with E-state index >= 15 is 0 Å². The van der Waals surface area contributed by atoms with Gasteiger partial charge in [-0.25, -0.2) is 0 Å². The average molecular weight is 403 g/mol. The highest BCUT2D eigenvalue weighted by molar-refractivity contribution is 5.73. The van der Waals surface area contributed by atoms with Crippen molar-refractivity contribution in [3.63, 3.8) is 0 Å². The Balaban J connectivity index is 1.70. The number of fused-ring (bicyclic) bond motifs is 18. The fourth-order valence-corrected chi connectivity index (χ4v) is 11.0. The molecule has 3 saturated carbocycles. The Morgan fingerprint density at radius 1 is 0.433 bits per heavy atom. The Labute approximate surface area is 184 Å². The molecule has 6 atom stereocenters. The van der Waals surface area contributed by atoms with E-state index in [0.717, 1.165) is 17.8 Å². The number of rotatable bonds is 0. The molecule has 0 aliphatic heterocycles. The zero-order chi connectivity index (χ0) is 21.4. The predicted molar refractivity (Wildman–Crippen MR) is 126 cm³/mol. The molecule has 1 aromatic rings. The van der Waals surface area contributed by atoms with E-state index in [1.807, 2.05) is 33.4 Å². The molecular formula is C30H42. The van der Waals surface area contributed by atoms with Crippen molar-refractivity contribution in [1.29, 1.82) is 0 Å². The van der Waals surface area contributed by atoms with Crippen molar-refractivity contribution in [1.82, 2.24) is 0 Å². The third-order valence-electron chi connectivity index (χ3n) is 14.0. The van der Waals surface area contributed by atoms with Crippen LogP contribution in [0.15, 0.2) is 0 Å². The van der Waals surface area contributed by atoms with E-state index in [4.69, 9.17) is 0 Å². The normalized spacial score (nSPS) is 48.9. The number of benzene rings is 1. The topological polar surface area (TPSA) is 0 Å². The first kappa shape index (κ1) is 18.8. The minimum absolute atomic E-state index is 0.373. The second kappa shape index (κ2) is 4.49. The Hall–Kier alpha value is -0.780. The van der Waals surface area contributed by atoms with Crippen molar-refractivity contribution < 1.29 is 0 Å². The highest BCUT2D eigenvalue weighted by atomic mass is 14.8. The van der Waals surface area contributed by atoms with Crippen LogP contribution < -0.4 is 0 Å². The zero-order valence-electron chi connectivity index (χ0n) is 21.0. The lowest BCUT2D eigenvalue weighted by Gasteiger charge is -2.43. The summed E-state index contributed by atoms with van der Waals surface area (Å²) in [5.41, 5.74) is 13.8. The van der Waals surface area contributed by atoms with Gasteiger partial charge in [-0.15, -0.1) is 0 Å². The van der Waals surface area contributed by atoms with E-state index in [-0.39, 0.29) is 0 Å². The summed E-state index contributed by atoms with van der Waals surface area (Å²) in [7, 11) is 0. The highest BCUT2D eigenvalue weighted by Crippen LogP contribution is 2.81. The second-order valence-electron chi connectivity index (χ2n) is 14.8. The van der Waals surface area contributed by atoms with Gasteiger partial charge in [-0.05, 0) is 122 Å². The van der Waals surface area contributed by atoms with E-state index in [2.05, 4.69) is 62.3 Å². The molecule has 6 aliphatic rings. The van der Waals surface area contributed by atoms with Gasteiger partial charge in [-0.2, -0.15) is 0 Å². The molecule has 0 amide bonds. The van der Waals surface area contributed by atoms with Crippen molar-refractivity contribution in [2.24, 2.45) is 16.2 Å². The first-order chi connectivity index (χ1) is 13.8. The third kappa shape index (κ3) is 1.39. The summed E-state index contributed by atoms with van der Waals surface area (Å²) >= 11 is 0. The van der Waals surface area contributed by atoms with E-state index in [1.54, 1.807) is 0 Å². The minimum Gasteiger partial charge on any atom is -0.0585 e. The Bertz CT molecular complexity index is 1050. The summed E-state index contributed by atoms with van der Waals surface area (Å²) in [5.74, 6) is 2.38. The second-order valence-corrected chi connectivity index (χ2v) is 14.8. The fourth-order valence-electron chi connectivity index (χ4n) is 11.0. The Morgan fingerprint density at radius 3 is 1.17 bits per heavy atom. The van der Waals surface area contributed by atoms with Gasteiger partial charge in [0, 0.05) is 0 Å². The fraction of sp³-hybridized carbons (Fsp3) is 0.800. The van der Waals surface area contributed by atoms with Crippen molar-refractivity contribution in [3.8, 4) is 0 Å². The molecule has 30 heavy (non-hydrogen) atoms.